The lowest BCUT2D eigenvalue weighted by Gasteiger charge is -2.28. The molecule has 0 saturated carbocycles. The van der Waals surface area contributed by atoms with Gasteiger partial charge in [0.05, 0.1) is 30.4 Å². The van der Waals surface area contributed by atoms with E-state index in [0.29, 0.717) is 43.3 Å². The van der Waals surface area contributed by atoms with Crippen molar-refractivity contribution in [3.63, 3.8) is 0 Å². The Bertz CT molecular complexity index is 1110. The maximum atomic E-state index is 13.0. The normalized spacial score (nSPS) is 16.5. The fourth-order valence-corrected chi connectivity index (χ4v) is 6.11. The zero-order valence-corrected chi connectivity index (χ0v) is 21.0. The van der Waals surface area contributed by atoms with E-state index in [1.807, 2.05) is 6.07 Å². The molecule has 9 nitrogen and oxygen atoms in total. The van der Waals surface area contributed by atoms with Gasteiger partial charge in [0.2, 0.25) is 16.0 Å². The second-order valence-electron chi connectivity index (χ2n) is 8.66. The summed E-state index contributed by atoms with van der Waals surface area (Å²) in [5.74, 6) is 1.54. The van der Waals surface area contributed by atoms with Crippen LogP contribution in [0.3, 0.4) is 0 Å². The van der Waals surface area contributed by atoms with E-state index >= 15 is 0 Å². The van der Waals surface area contributed by atoms with Crippen LogP contribution >= 0.6 is 11.8 Å². The highest BCUT2D eigenvalue weighted by molar-refractivity contribution is 7.99. The molecule has 0 N–H and O–H groups in total. The minimum absolute atomic E-state index is 0.00776. The fourth-order valence-electron chi connectivity index (χ4n) is 4.11. The van der Waals surface area contributed by atoms with Crippen LogP contribution in [0.15, 0.2) is 23.4 Å². The van der Waals surface area contributed by atoms with Gasteiger partial charge in [0.1, 0.15) is 0 Å². The summed E-state index contributed by atoms with van der Waals surface area (Å²) in [4.78, 5) is 15.1. The molecule has 4 rings (SSSR count). The first kappa shape index (κ1) is 24.0. The summed E-state index contributed by atoms with van der Waals surface area (Å²) in [6.45, 7) is 10.0. The highest BCUT2D eigenvalue weighted by Crippen LogP contribution is 2.32. The Morgan fingerprint density at radius 1 is 1.18 bits per heavy atom. The second-order valence-corrected chi connectivity index (χ2v) is 11.8. The lowest BCUT2D eigenvalue weighted by Crippen LogP contribution is -2.38. The molecule has 0 spiro atoms. The number of rotatable bonds is 9. The number of ether oxygens (including phenoxy) is 1. The van der Waals surface area contributed by atoms with Crippen molar-refractivity contribution >= 4 is 39.2 Å². The molecule has 2 aromatic rings. The van der Waals surface area contributed by atoms with Crippen molar-refractivity contribution in [1.29, 1.82) is 0 Å². The van der Waals surface area contributed by atoms with Crippen molar-refractivity contribution in [2.24, 2.45) is 5.92 Å². The monoisotopic (exact) mass is 493 g/mol. The first-order valence-corrected chi connectivity index (χ1v) is 13.9. The smallest absolute Gasteiger partial charge is 0.234 e. The van der Waals surface area contributed by atoms with Gasteiger partial charge in [-0.3, -0.25) is 13.7 Å². The molecule has 33 heavy (non-hydrogen) atoms. The molecule has 1 aromatic heterocycles. The van der Waals surface area contributed by atoms with Crippen LogP contribution in [0.5, 0.6) is 0 Å². The molecule has 0 amide bonds. The highest BCUT2D eigenvalue weighted by atomic mass is 32.2. The summed E-state index contributed by atoms with van der Waals surface area (Å²) in [6, 6.07) is 5.32. The molecule has 2 aliphatic rings. The van der Waals surface area contributed by atoms with Crippen molar-refractivity contribution in [2.45, 2.75) is 38.9 Å². The number of ketones is 1. The van der Waals surface area contributed by atoms with Gasteiger partial charge in [-0.2, -0.15) is 0 Å². The zero-order valence-electron chi connectivity index (χ0n) is 19.4. The van der Waals surface area contributed by atoms with Gasteiger partial charge < -0.3 is 9.64 Å². The number of carbonyl (C=O) groups excluding carboxylic acids is 1. The molecule has 180 valence electrons. The van der Waals surface area contributed by atoms with Crippen molar-refractivity contribution in [3.05, 3.63) is 29.3 Å². The van der Waals surface area contributed by atoms with Gasteiger partial charge in [0.25, 0.3) is 0 Å². The highest BCUT2D eigenvalue weighted by Gasteiger charge is 2.29. The Kier molecular flexibility index (Phi) is 7.30. The third-order valence-electron chi connectivity index (χ3n) is 5.83. The first-order valence-electron chi connectivity index (χ1n) is 11.4. The maximum absolute atomic E-state index is 13.0. The molecule has 1 fully saturated rings. The molecule has 3 heterocycles. The molecule has 0 unspecified atom stereocenters. The zero-order chi connectivity index (χ0) is 23.6. The summed E-state index contributed by atoms with van der Waals surface area (Å²) >= 11 is 1.39. The van der Waals surface area contributed by atoms with E-state index in [4.69, 9.17) is 4.74 Å². The van der Waals surface area contributed by atoms with E-state index in [0.717, 1.165) is 36.3 Å². The molecule has 0 radical (unpaired) electrons. The average Bonchev–Trinajstić information content (AvgIpc) is 3.41. The molecule has 11 heteroatoms. The number of nitrogens with zero attached hydrogens (tertiary/aromatic N) is 5. The van der Waals surface area contributed by atoms with Crippen molar-refractivity contribution in [2.75, 3.05) is 53.6 Å². The summed E-state index contributed by atoms with van der Waals surface area (Å²) < 4.78 is 33.6. The van der Waals surface area contributed by atoms with E-state index < -0.39 is 10.0 Å². The minimum atomic E-state index is -3.30. The number of hydrogen-bond donors (Lipinski definition) is 0. The SMILES string of the molecule is CCS(=O)(=O)N1CCc2cc(C(=O)CSc3nnc(N4CCOCC4)n3CC(C)C)ccc21. The number of thioether (sulfide) groups is 1. The molecular weight excluding hydrogens is 462 g/mol. The number of fused-ring (bicyclic) bond motifs is 1. The van der Waals surface area contributed by atoms with Gasteiger partial charge in [-0.25, -0.2) is 8.42 Å². The second kappa shape index (κ2) is 10.0. The minimum Gasteiger partial charge on any atom is -0.378 e. The number of morpholine rings is 1. The predicted octanol–water partition coefficient (Wildman–Crippen LogP) is 2.46. The molecule has 1 saturated heterocycles. The summed E-state index contributed by atoms with van der Waals surface area (Å²) in [5, 5.41) is 9.54. The number of aromatic nitrogens is 3. The lowest BCUT2D eigenvalue weighted by atomic mass is 10.1. The third kappa shape index (κ3) is 5.20. The van der Waals surface area contributed by atoms with Gasteiger partial charge in [0, 0.05) is 31.7 Å². The number of carbonyl (C=O) groups is 1. The van der Waals surface area contributed by atoms with E-state index in [9.17, 15) is 13.2 Å². The fraction of sp³-hybridized carbons (Fsp3) is 0.591. The van der Waals surface area contributed by atoms with E-state index in [-0.39, 0.29) is 17.3 Å². The van der Waals surface area contributed by atoms with E-state index in [2.05, 4.69) is 33.5 Å². The van der Waals surface area contributed by atoms with Gasteiger partial charge in [-0.15, -0.1) is 10.2 Å². The molecule has 1 aromatic carbocycles. The summed E-state index contributed by atoms with van der Waals surface area (Å²) in [5.41, 5.74) is 2.19. The van der Waals surface area contributed by atoms with Crippen LogP contribution in [-0.2, 0) is 27.7 Å². The van der Waals surface area contributed by atoms with Crippen LogP contribution in [0.25, 0.3) is 0 Å². The van der Waals surface area contributed by atoms with Crippen LogP contribution in [0.4, 0.5) is 11.6 Å². The molecule has 0 aliphatic carbocycles. The quantitative estimate of drug-likeness (QED) is 0.388. The molecule has 0 atom stereocenters. The molecular formula is C22H31N5O4S2. The van der Waals surface area contributed by atoms with Crippen molar-refractivity contribution in [1.82, 2.24) is 14.8 Å². The first-order chi connectivity index (χ1) is 15.8. The van der Waals surface area contributed by atoms with Crippen LogP contribution in [0, 0.1) is 5.92 Å². The number of hydrogen-bond acceptors (Lipinski definition) is 8. The Labute approximate surface area is 199 Å². The Balaban J connectivity index is 1.47. The summed E-state index contributed by atoms with van der Waals surface area (Å²) in [7, 11) is -3.30. The number of sulfonamides is 1. The largest absolute Gasteiger partial charge is 0.378 e. The molecule has 2 aliphatic heterocycles. The lowest BCUT2D eigenvalue weighted by molar-refractivity contribution is 0.102. The maximum Gasteiger partial charge on any atom is 0.234 e. The van der Waals surface area contributed by atoms with E-state index in [1.54, 1.807) is 19.1 Å². The van der Waals surface area contributed by atoms with E-state index in [1.165, 1.54) is 16.1 Å². The Hall–Kier alpha value is -2.11. The topological polar surface area (TPSA) is 97.6 Å². The van der Waals surface area contributed by atoms with Crippen molar-refractivity contribution < 1.29 is 17.9 Å². The standard InChI is InChI=1S/C22H31N5O4S2/c1-4-33(29,30)27-8-7-17-13-18(5-6-19(17)27)20(28)15-32-22-24-23-21(26(22)14-16(2)3)25-9-11-31-12-10-25/h5-6,13,16H,4,7-12,14-15H2,1-3H3. The van der Waals surface area contributed by atoms with Gasteiger partial charge in [-0.05, 0) is 43.0 Å². The number of Topliss-reactive ketones (excluding diaryl/α,β-unsaturated/α-hetero) is 1. The average molecular weight is 494 g/mol. The summed E-state index contributed by atoms with van der Waals surface area (Å²) in [6.07, 6.45) is 0.619. The Morgan fingerprint density at radius 3 is 2.64 bits per heavy atom. The predicted molar refractivity (Wildman–Crippen MR) is 130 cm³/mol. The van der Waals surface area contributed by atoms with Crippen LogP contribution < -0.4 is 9.21 Å². The number of benzene rings is 1. The Morgan fingerprint density at radius 2 is 1.94 bits per heavy atom. The molecule has 0 bridgehead atoms. The van der Waals surface area contributed by atoms with Gasteiger partial charge in [0.15, 0.2) is 10.9 Å². The van der Waals surface area contributed by atoms with Gasteiger partial charge in [-0.1, -0.05) is 25.6 Å². The van der Waals surface area contributed by atoms with Crippen LogP contribution in [0.2, 0.25) is 0 Å². The van der Waals surface area contributed by atoms with Crippen molar-refractivity contribution in [3.8, 4) is 0 Å². The van der Waals surface area contributed by atoms with Gasteiger partial charge >= 0.3 is 0 Å². The van der Waals surface area contributed by atoms with Crippen LogP contribution in [-0.4, -0.2) is 73.3 Å². The van der Waals surface area contributed by atoms with Crippen LogP contribution in [0.1, 0.15) is 36.7 Å². The number of anilines is 2. The third-order valence-corrected chi connectivity index (χ3v) is 8.57.